The van der Waals surface area contributed by atoms with Crippen molar-refractivity contribution in [2.24, 2.45) is 9.98 Å². The van der Waals surface area contributed by atoms with Gasteiger partial charge in [-0.1, -0.05) is 19.1 Å². The molecule has 2 rings (SSSR count). The van der Waals surface area contributed by atoms with Gasteiger partial charge in [-0.05, 0) is 62.4 Å². The summed E-state index contributed by atoms with van der Waals surface area (Å²) < 4.78 is 12.4. The number of anilines is 1. The largest absolute Gasteiger partial charge is 0.485 e. The third-order valence-corrected chi connectivity index (χ3v) is 7.80. The Bertz CT molecular complexity index is 1030. The first-order valence-electron chi connectivity index (χ1n) is 12.2. The van der Waals surface area contributed by atoms with Gasteiger partial charge in [0.25, 0.3) is 5.91 Å². The minimum absolute atomic E-state index is 0.118. The Balaban J connectivity index is 2.22. The summed E-state index contributed by atoms with van der Waals surface area (Å²) in [6.45, 7) is 9.36. The molecule has 0 aliphatic heterocycles. The van der Waals surface area contributed by atoms with E-state index in [4.69, 9.17) is 9.47 Å². The van der Waals surface area contributed by atoms with Crippen LogP contribution in [0.1, 0.15) is 37.7 Å². The molecule has 1 aromatic heterocycles. The standard InChI is InChI=1S/C28H41N3O3S2/c1-8-15-31(28(32)25(21-29-3)22(2)30-4)23-11-9-12-24(20-23)34-26(27-13-10-18-35-27)14-16-33-17-19-36(5,6)7/h9-13,18,20-21,26H,4,8,14-17,19H2,1-3,5-7H3/b25-22+,29-21?. The van der Waals surface area contributed by atoms with E-state index in [2.05, 4.69) is 46.9 Å². The smallest absolute Gasteiger partial charge is 0.261 e. The monoisotopic (exact) mass is 531 g/mol. The highest BCUT2D eigenvalue weighted by molar-refractivity contribution is 8.32. The van der Waals surface area contributed by atoms with Crippen molar-refractivity contribution in [3.8, 4) is 5.75 Å². The second-order valence-electron chi connectivity index (χ2n) is 9.32. The molecule has 0 bridgehead atoms. The van der Waals surface area contributed by atoms with Crippen molar-refractivity contribution >= 4 is 45.9 Å². The van der Waals surface area contributed by atoms with Crippen LogP contribution in [0.3, 0.4) is 0 Å². The number of carbonyl (C=O) groups is 1. The van der Waals surface area contributed by atoms with Crippen LogP contribution in [0.5, 0.6) is 5.75 Å². The molecule has 0 fully saturated rings. The van der Waals surface area contributed by atoms with E-state index < -0.39 is 10.0 Å². The fourth-order valence-electron chi connectivity index (χ4n) is 3.46. The molecule has 0 N–H and O–H groups in total. The first kappa shape index (κ1) is 29.8. The zero-order valence-electron chi connectivity index (χ0n) is 22.5. The van der Waals surface area contributed by atoms with Gasteiger partial charge in [-0.15, -0.1) is 11.3 Å². The maximum absolute atomic E-state index is 13.5. The number of amides is 1. The molecule has 0 saturated carbocycles. The normalized spacial score (nSPS) is 13.8. The zero-order chi connectivity index (χ0) is 26.6. The van der Waals surface area contributed by atoms with Crippen LogP contribution in [-0.4, -0.2) is 70.2 Å². The minimum atomic E-state index is -0.566. The van der Waals surface area contributed by atoms with Gasteiger partial charge in [0, 0.05) is 48.6 Å². The highest BCUT2D eigenvalue weighted by Crippen LogP contribution is 2.34. The number of ether oxygens (including phenoxy) is 2. The van der Waals surface area contributed by atoms with Gasteiger partial charge in [-0.2, -0.15) is 0 Å². The molecular formula is C28H41N3O3S2. The van der Waals surface area contributed by atoms with Crippen molar-refractivity contribution < 1.29 is 14.3 Å². The van der Waals surface area contributed by atoms with Crippen molar-refractivity contribution in [3.63, 3.8) is 0 Å². The summed E-state index contributed by atoms with van der Waals surface area (Å²) in [6, 6.07) is 11.8. The number of aliphatic imine (C=N–C) groups is 2. The lowest BCUT2D eigenvalue weighted by Gasteiger charge is -2.25. The lowest BCUT2D eigenvalue weighted by Crippen LogP contribution is -2.33. The Hall–Kier alpha value is -2.42. The Morgan fingerprint density at radius 2 is 2.00 bits per heavy atom. The molecule has 1 aromatic carbocycles. The SMILES string of the molecule is C=N/C(C)=C(\C=NC)C(=O)N(CCC)c1cccc(OC(CCOCCS(C)(C)C)c2cccs2)c1. The predicted octanol–water partition coefficient (Wildman–Crippen LogP) is 6.39. The summed E-state index contributed by atoms with van der Waals surface area (Å²) >= 11 is 1.68. The third kappa shape index (κ3) is 9.56. The lowest BCUT2D eigenvalue weighted by molar-refractivity contribution is -0.114. The van der Waals surface area contributed by atoms with Gasteiger partial charge in [-0.25, -0.2) is 10.0 Å². The number of benzene rings is 1. The van der Waals surface area contributed by atoms with Crippen LogP contribution in [0, 0.1) is 0 Å². The summed E-state index contributed by atoms with van der Waals surface area (Å²) in [5.74, 6) is 1.65. The van der Waals surface area contributed by atoms with Crippen molar-refractivity contribution in [2.75, 3.05) is 56.2 Å². The highest BCUT2D eigenvalue weighted by atomic mass is 32.3. The molecule has 36 heavy (non-hydrogen) atoms. The molecule has 0 saturated heterocycles. The quantitative estimate of drug-likeness (QED) is 0.152. The van der Waals surface area contributed by atoms with E-state index in [0.717, 1.165) is 35.8 Å². The molecule has 6 nitrogen and oxygen atoms in total. The van der Waals surface area contributed by atoms with E-state index in [0.29, 0.717) is 30.2 Å². The number of allylic oxidation sites excluding steroid dienone is 1. The molecule has 1 atom stereocenters. The summed E-state index contributed by atoms with van der Waals surface area (Å²) in [5.41, 5.74) is 1.75. The van der Waals surface area contributed by atoms with Gasteiger partial charge >= 0.3 is 0 Å². The molecule has 0 radical (unpaired) electrons. The Labute approximate surface area is 222 Å². The molecule has 0 spiro atoms. The van der Waals surface area contributed by atoms with Crippen LogP contribution in [0.25, 0.3) is 0 Å². The number of nitrogens with zero attached hydrogens (tertiary/aromatic N) is 3. The van der Waals surface area contributed by atoms with Crippen molar-refractivity contribution in [1.82, 2.24) is 0 Å². The molecule has 0 aliphatic rings. The topological polar surface area (TPSA) is 63.5 Å². The molecule has 1 unspecified atom stereocenters. The Kier molecular flexibility index (Phi) is 12.4. The first-order valence-corrected chi connectivity index (χ1v) is 16.1. The van der Waals surface area contributed by atoms with Gasteiger partial charge < -0.3 is 14.4 Å². The zero-order valence-corrected chi connectivity index (χ0v) is 24.2. The van der Waals surface area contributed by atoms with Crippen LogP contribution in [0.2, 0.25) is 0 Å². The third-order valence-electron chi connectivity index (χ3n) is 5.44. The first-order chi connectivity index (χ1) is 17.2. The summed E-state index contributed by atoms with van der Waals surface area (Å²) in [7, 11) is 1.07. The van der Waals surface area contributed by atoms with Gasteiger partial charge in [0.1, 0.15) is 11.9 Å². The van der Waals surface area contributed by atoms with Gasteiger partial charge in [0.05, 0.1) is 24.5 Å². The summed E-state index contributed by atoms with van der Waals surface area (Å²) in [5, 5.41) is 2.06. The van der Waals surface area contributed by atoms with Crippen LogP contribution in [0.15, 0.2) is 63.0 Å². The van der Waals surface area contributed by atoms with Gasteiger partial charge in [-0.3, -0.25) is 14.8 Å². The van der Waals surface area contributed by atoms with E-state index in [1.54, 1.807) is 36.4 Å². The van der Waals surface area contributed by atoms with E-state index in [1.807, 2.05) is 37.3 Å². The lowest BCUT2D eigenvalue weighted by atomic mass is 10.1. The fraction of sp³-hybridized carbons (Fsp3) is 0.464. The Morgan fingerprint density at radius 3 is 2.61 bits per heavy atom. The molecule has 0 aliphatic carbocycles. The molecular weight excluding hydrogens is 490 g/mol. The van der Waals surface area contributed by atoms with Crippen LogP contribution < -0.4 is 9.64 Å². The van der Waals surface area contributed by atoms with Crippen molar-refractivity contribution in [1.29, 1.82) is 0 Å². The summed E-state index contributed by atoms with van der Waals surface area (Å²) in [6.07, 6.45) is 9.89. The van der Waals surface area contributed by atoms with E-state index in [1.165, 1.54) is 0 Å². The number of hydrogen-bond donors (Lipinski definition) is 0. The number of hydrogen-bond acceptors (Lipinski definition) is 6. The number of rotatable bonds is 15. The highest BCUT2D eigenvalue weighted by Gasteiger charge is 2.22. The van der Waals surface area contributed by atoms with E-state index >= 15 is 0 Å². The van der Waals surface area contributed by atoms with Crippen LogP contribution in [-0.2, 0) is 9.53 Å². The van der Waals surface area contributed by atoms with E-state index in [-0.39, 0.29) is 12.0 Å². The molecule has 8 heteroatoms. The molecule has 1 heterocycles. The number of carbonyl (C=O) groups excluding carboxylic acids is 1. The van der Waals surface area contributed by atoms with Crippen LogP contribution in [0.4, 0.5) is 5.69 Å². The van der Waals surface area contributed by atoms with Crippen molar-refractivity contribution in [3.05, 3.63) is 57.9 Å². The van der Waals surface area contributed by atoms with Gasteiger partial charge in [0.2, 0.25) is 0 Å². The maximum atomic E-state index is 13.5. The van der Waals surface area contributed by atoms with Gasteiger partial charge in [0.15, 0.2) is 0 Å². The average molecular weight is 532 g/mol. The average Bonchev–Trinajstić information content (AvgIpc) is 3.38. The molecule has 2 aromatic rings. The number of thiophene rings is 1. The minimum Gasteiger partial charge on any atom is -0.485 e. The van der Waals surface area contributed by atoms with E-state index in [9.17, 15) is 4.79 Å². The predicted molar refractivity (Wildman–Crippen MR) is 159 cm³/mol. The fourth-order valence-corrected chi connectivity index (χ4v) is 4.87. The van der Waals surface area contributed by atoms with Crippen LogP contribution >= 0.6 is 21.4 Å². The second kappa shape index (κ2) is 15.0. The Morgan fingerprint density at radius 1 is 1.22 bits per heavy atom. The van der Waals surface area contributed by atoms with Crippen molar-refractivity contribution in [2.45, 2.75) is 32.8 Å². The molecule has 1 amide bonds. The summed E-state index contributed by atoms with van der Waals surface area (Å²) in [4.78, 5) is 24.4. The second-order valence-corrected chi connectivity index (χ2v) is 14.9. The maximum Gasteiger partial charge on any atom is 0.261 e. The molecule has 198 valence electrons.